The second-order valence-electron chi connectivity index (χ2n) is 5.18. The predicted molar refractivity (Wildman–Crippen MR) is 83.0 cm³/mol. The zero-order valence-corrected chi connectivity index (χ0v) is 12.2. The molecule has 0 N–H and O–H groups in total. The van der Waals surface area contributed by atoms with Gasteiger partial charge in [-0.2, -0.15) is 0 Å². The molecule has 0 aliphatic carbocycles. The molecule has 0 saturated carbocycles. The number of rotatable bonds is 2. The van der Waals surface area contributed by atoms with Crippen LogP contribution in [0.4, 0.5) is 4.79 Å². The molecule has 3 rings (SSSR count). The minimum atomic E-state index is -0.217. The first-order chi connectivity index (χ1) is 10.3. The van der Waals surface area contributed by atoms with Gasteiger partial charge in [0.25, 0.3) is 0 Å². The Labute approximate surface area is 125 Å². The van der Waals surface area contributed by atoms with Gasteiger partial charge in [-0.05, 0) is 35.6 Å². The van der Waals surface area contributed by atoms with Crippen molar-refractivity contribution >= 4 is 6.09 Å². The van der Waals surface area contributed by atoms with E-state index >= 15 is 0 Å². The summed E-state index contributed by atoms with van der Waals surface area (Å²) in [4.78, 5) is 13.7. The number of nitrogens with zero attached hydrogens (tertiary/aromatic N) is 1. The van der Waals surface area contributed by atoms with E-state index in [2.05, 4.69) is 30.3 Å². The third kappa shape index (κ3) is 2.77. The van der Waals surface area contributed by atoms with Crippen LogP contribution in [0.15, 0.2) is 48.5 Å². The van der Waals surface area contributed by atoms with Crippen LogP contribution in [0, 0.1) is 0 Å². The fourth-order valence-corrected chi connectivity index (χ4v) is 2.84. The molecule has 2 aromatic rings. The van der Waals surface area contributed by atoms with Crippen molar-refractivity contribution in [2.24, 2.45) is 0 Å². The van der Waals surface area contributed by atoms with E-state index < -0.39 is 0 Å². The minimum Gasteiger partial charge on any atom is -0.450 e. The molecule has 1 aliphatic rings. The van der Waals surface area contributed by atoms with Crippen molar-refractivity contribution in [3.63, 3.8) is 0 Å². The number of hydrogen-bond donors (Lipinski definition) is 0. The van der Waals surface area contributed by atoms with E-state index in [0.29, 0.717) is 13.2 Å². The molecule has 0 fully saturated rings. The highest BCUT2D eigenvalue weighted by Gasteiger charge is 2.23. The van der Waals surface area contributed by atoms with Crippen LogP contribution >= 0.6 is 0 Å². The molecule has 1 aliphatic heterocycles. The lowest BCUT2D eigenvalue weighted by atomic mass is 9.91. The van der Waals surface area contributed by atoms with Gasteiger partial charge in [-0.3, -0.25) is 0 Å². The quantitative estimate of drug-likeness (QED) is 0.836. The maximum atomic E-state index is 12.0. The molecule has 21 heavy (non-hydrogen) atoms. The molecular weight excluding hydrogens is 262 g/mol. The topological polar surface area (TPSA) is 29.5 Å². The summed E-state index contributed by atoms with van der Waals surface area (Å²) in [6.07, 6.45) is 0.667. The summed E-state index contributed by atoms with van der Waals surface area (Å²) < 4.78 is 5.13. The first kappa shape index (κ1) is 13.7. The van der Waals surface area contributed by atoms with Gasteiger partial charge in [-0.1, -0.05) is 48.5 Å². The maximum absolute atomic E-state index is 12.0. The molecule has 0 unspecified atom stereocenters. The van der Waals surface area contributed by atoms with E-state index in [4.69, 9.17) is 4.74 Å². The largest absolute Gasteiger partial charge is 0.450 e. The molecule has 3 nitrogen and oxygen atoms in total. The Morgan fingerprint density at radius 3 is 2.71 bits per heavy atom. The van der Waals surface area contributed by atoms with Crippen LogP contribution in [-0.4, -0.2) is 24.1 Å². The Morgan fingerprint density at radius 2 is 1.95 bits per heavy atom. The minimum absolute atomic E-state index is 0.217. The number of carbonyl (C=O) groups is 1. The van der Waals surface area contributed by atoms with Gasteiger partial charge < -0.3 is 9.64 Å². The van der Waals surface area contributed by atoms with Crippen LogP contribution in [0.2, 0.25) is 0 Å². The predicted octanol–water partition coefficient (Wildman–Crippen LogP) is 3.87. The number of benzene rings is 2. The number of amides is 1. The van der Waals surface area contributed by atoms with E-state index in [9.17, 15) is 4.79 Å². The van der Waals surface area contributed by atoms with Crippen LogP contribution in [0.3, 0.4) is 0 Å². The lowest BCUT2D eigenvalue weighted by Gasteiger charge is -2.29. The van der Waals surface area contributed by atoms with Gasteiger partial charge in [0.15, 0.2) is 0 Å². The maximum Gasteiger partial charge on any atom is 0.410 e. The molecule has 0 spiro atoms. The van der Waals surface area contributed by atoms with E-state index in [-0.39, 0.29) is 6.09 Å². The summed E-state index contributed by atoms with van der Waals surface area (Å²) in [5.74, 6) is 0. The number of hydrogen-bond acceptors (Lipinski definition) is 2. The highest BCUT2D eigenvalue weighted by atomic mass is 16.6. The number of carbonyl (C=O) groups excluding carboxylic acids is 1. The molecule has 0 saturated heterocycles. The average molecular weight is 281 g/mol. The molecule has 0 bridgehead atoms. The van der Waals surface area contributed by atoms with Crippen molar-refractivity contribution in [3.8, 4) is 11.1 Å². The summed E-state index contributed by atoms with van der Waals surface area (Å²) in [5, 5.41) is 0. The fourth-order valence-electron chi connectivity index (χ4n) is 2.84. The SMILES string of the molecule is CCOC(=O)N1CCc2cccc(-c3ccccc3)c2C1. The zero-order chi connectivity index (χ0) is 14.7. The molecular formula is C18H19NO2. The van der Waals surface area contributed by atoms with Gasteiger partial charge in [0.2, 0.25) is 0 Å². The summed E-state index contributed by atoms with van der Waals surface area (Å²) in [6.45, 7) is 3.61. The Hall–Kier alpha value is -2.29. The number of ether oxygens (including phenoxy) is 1. The molecule has 2 aromatic carbocycles. The Kier molecular flexibility index (Phi) is 3.91. The lowest BCUT2D eigenvalue weighted by Crippen LogP contribution is -2.36. The van der Waals surface area contributed by atoms with Gasteiger partial charge in [-0.25, -0.2) is 4.79 Å². The van der Waals surface area contributed by atoms with Crippen LogP contribution in [0.1, 0.15) is 18.1 Å². The third-order valence-electron chi connectivity index (χ3n) is 3.88. The average Bonchev–Trinajstić information content (AvgIpc) is 2.55. The van der Waals surface area contributed by atoms with E-state index in [0.717, 1.165) is 13.0 Å². The highest BCUT2D eigenvalue weighted by Crippen LogP contribution is 2.30. The van der Waals surface area contributed by atoms with Gasteiger partial charge in [-0.15, -0.1) is 0 Å². The molecule has 108 valence electrons. The second kappa shape index (κ2) is 6.00. The van der Waals surface area contributed by atoms with Crippen molar-refractivity contribution in [2.75, 3.05) is 13.2 Å². The first-order valence-corrected chi connectivity index (χ1v) is 7.37. The normalized spacial score (nSPS) is 13.7. The van der Waals surface area contributed by atoms with Crippen molar-refractivity contribution < 1.29 is 9.53 Å². The zero-order valence-electron chi connectivity index (χ0n) is 12.2. The number of fused-ring (bicyclic) bond motifs is 1. The van der Waals surface area contributed by atoms with Crippen molar-refractivity contribution in [2.45, 2.75) is 19.9 Å². The van der Waals surface area contributed by atoms with E-state index in [1.807, 2.05) is 25.1 Å². The second-order valence-corrected chi connectivity index (χ2v) is 5.18. The van der Waals surface area contributed by atoms with Crippen molar-refractivity contribution in [1.82, 2.24) is 4.90 Å². The van der Waals surface area contributed by atoms with E-state index in [1.54, 1.807) is 4.90 Å². The van der Waals surface area contributed by atoms with Crippen LogP contribution in [0.25, 0.3) is 11.1 Å². The third-order valence-corrected chi connectivity index (χ3v) is 3.88. The van der Waals surface area contributed by atoms with Crippen LogP contribution < -0.4 is 0 Å². The monoisotopic (exact) mass is 281 g/mol. The van der Waals surface area contributed by atoms with Crippen molar-refractivity contribution in [3.05, 3.63) is 59.7 Å². The Balaban J connectivity index is 1.95. The molecule has 0 aromatic heterocycles. The van der Waals surface area contributed by atoms with Gasteiger partial charge in [0.1, 0.15) is 0 Å². The van der Waals surface area contributed by atoms with Crippen LogP contribution in [-0.2, 0) is 17.7 Å². The summed E-state index contributed by atoms with van der Waals surface area (Å²) >= 11 is 0. The highest BCUT2D eigenvalue weighted by molar-refractivity contribution is 5.72. The van der Waals surface area contributed by atoms with Gasteiger partial charge in [0.05, 0.1) is 6.61 Å². The standard InChI is InChI=1S/C18H19NO2/c1-2-21-18(20)19-12-11-15-9-6-10-16(17(15)13-19)14-7-4-3-5-8-14/h3-10H,2,11-13H2,1H3. The summed E-state index contributed by atoms with van der Waals surface area (Å²) in [5.41, 5.74) is 4.97. The van der Waals surface area contributed by atoms with Crippen molar-refractivity contribution in [1.29, 1.82) is 0 Å². The molecule has 0 radical (unpaired) electrons. The lowest BCUT2D eigenvalue weighted by molar-refractivity contribution is 0.103. The fraction of sp³-hybridized carbons (Fsp3) is 0.278. The summed E-state index contributed by atoms with van der Waals surface area (Å²) in [7, 11) is 0. The summed E-state index contributed by atoms with van der Waals surface area (Å²) in [6, 6.07) is 16.7. The molecule has 1 amide bonds. The van der Waals surface area contributed by atoms with Gasteiger partial charge >= 0.3 is 6.09 Å². The first-order valence-electron chi connectivity index (χ1n) is 7.37. The molecule has 1 heterocycles. The van der Waals surface area contributed by atoms with Gasteiger partial charge in [0, 0.05) is 13.1 Å². The van der Waals surface area contributed by atoms with Crippen LogP contribution in [0.5, 0.6) is 0 Å². The molecule has 0 atom stereocenters. The Bertz CT molecular complexity index is 637. The smallest absolute Gasteiger partial charge is 0.410 e. The van der Waals surface area contributed by atoms with E-state index in [1.165, 1.54) is 22.3 Å². The Morgan fingerprint density at radius 1 is 1.14 bits per heavy atom. The molecule has 3 heteroatoms.